The van der Waals surface area contributed by atoms with Crippen molar-refractivity contribution in [3.8, 4) is 0 Å². The van der Waals surface area contributed by atoms with Gasteiger partial charge < -0.3 is 5.32 Å². The van der Waals surface area contributed by atoms with Crippen LogP contribution in [-0.2, 0) is 6.42 Å². The first kappa shape index (κ1) is 16.6. The van der Waals surface area contributed by atoms with Gasteiger partial charge in [-0.15, -0.1) is 0 Å². The largest absolute Gasteiger partial charge is 0.310 e. The van der Waals surface area contributed by atoms with Crippen LogP contribution in [0.4, 0.5) is 8.78 Å². The van der Waals surface area contributed by atoms with E-state index in [1.165, 1.54) is 18.2 Å². The molecule has 0 heterocycles. The van der Waals surface area contributed by atoms with Gasteiger partial charge in [0.1, 0.15) is 11.6 Å². The lowest BCUT2D eigenvalue weighted by Gasteiger charge is -2.21. The molecule has 2 aromatic rings. The summed E-state index contributed by atoms with van der Waals surface area (Å²) in [7, 11) is 0. The molecule has 1 nitrogen and oxygen atoms in total. The first-order valence-corrected chi connectivity index (χ1v) is 8.22. The zero-order valence-electron chi connectivity index (χ0n) is 11.5. The molecular weight excluding hydrogens is 404 g/mol. The number of rotatable bonds is 5. The number of hydrogen-bond acceptors (Lipinski definition) is 1. The standard InChI is InChI=1S/C16H15Br2F2N/c1-2-21-15(12-9-11(19)6-7-13(12)17)8-10-4-3-5-14(20)16(10)18/h3-7,9,15,21H,2,8H2,1H3. The number of hydrogen-bond donors (Lipinski definition) is 1. The van der Waals surface area contributed by atoms with Crippen LogP contribution in [0.15, 0.2) is 45.3 Å². The summed E-state index contributed by atoms with van der Waals surface area (Å²) in [4.78, 5) is 0. The quantitative estimate of drug-likeness (QED) is 0.686. The van der Waals surface area contributed by atoms with Gasteiger partial charge in [0.25, 0.3) is 0 Å². The van der Waals surface area contributed by atoms with Gasteiger partial charge in [0, 0.05) is 10.5 Å². The van der Waals surface area contributed by atoms with E-state index >= 15 is 0 Å². The maximum absolute atomic E-state index is 13.6. The molecule has 5 heteroatoms. The normalized spacial score (nSPS) is 12.4. The topological polar surface area (TPSA) is 12.0 Å². The van der Waals surface area contributed by atoms with Gasteiger partial charge in [-0.25, -0.2) is 8.78 Å². The van der Waals surface area contributed by atoms with E-state index in [0.717, 1.165) is 22.1 Å². The Morgan fingerprint density at radius 3 is 2.62 bits per heavy atom. The van der Waals surface area contributed by atoms with E-state index in [4.69, 9.17) is 0 Å². The molecular formula is C16H15Br2F2N. The van der Waals surface area contributed by atoms with Crippen molar-refractivity contribution in [2.24, 2.45) is 0 Å². The first-order valence-electron chi connectivity index (χ1n) is 6.64. The summed E-state index contributed by atoms with van der Waals surface area (Å²) in [5, 5.41) is 3.32. The van der Waals surface area contributed by atoms with Crippen molar-refractivity contribution in [3.63, 3.8) is 0 Å². The van der Waals surface area contributed by atoms with Gasteiger partial charge in [0.2, 0.25) is 0 Å². The van der Waals surface area contributed by atoms with Crippen LogP contribution in [0.25, 0.3) is 0 Å². The minimum atomic E-state index is -0.291. The molecule has 0 spiro atoms. The highest BCUT2D eigenvalue weighted by Crippen LogP contribution is 2.30. The van der Waals surface area contributed by atoms with Crippen LogP contribution >= 0.6 is 31.9 Å². The minimum absolute atomic E-state index is 0.0989. The summed E-state index contributed by atoms with van der Waals surface area (Å²) in [6, 6.07) is 9.46. The molecule has 1 unspecified atom stereocenters. The molecule has 0 bridgehead atoms. The van der Waals surface area contributed by atoms with Gasteiger partial charge in [-0.2, -0.15) is 0 Å². The molecule has 21 heavy (non-hydrogen) atoms. The Labute approximate surface area is 140 Å². The molecule has 2 aromatic carbocycles. The Balaban J connectivity index is 2.35. The van der Waals surface area contributed by atoms with Crippen molar-refractivity contribution < 1.29 is 8.78 Å². The first-order chi connectivity index (χ1) is 10.0. The molecule has 0 amide bonds. The molecule has 1 atom stereocenters. The van der Waals surface area contributed by atoms with Gasteiger partial charge in [0.05, 0.1) is 4.47 Å². The molecule has 0 aliphatic rings. The van der Waals surface area contributed by atoms with Gasteiger partial charge in [-0.3, -0.25) is 0 Å². The van der Waals surface area contributed by atoms with Crippen LogP contribution in [0.3, 0.4) is 0 Å². The van der Waals surface area contributed by atoms with Crippen molar-refractivity contribution in [3.05, 3.63) is 68.1 Å². The fourth-order valence-electron chi connectivity index (χ4n) is 2.25. The van der Waals surface area contributed by atoms with E-state index in [-0.39, 0.29) is 17.7 Å². The van der Waals surface area contributed by atoms with E-state index in [9.17, 15) is 8.78 Å². The second-order valence-electron chi connectivity index (χ2n) is 4.69. The number of nitrogens with one attached hydrogen (secondary N) is 1. The van der Waals surface area contributed by atoms with Crippen molar-refractivity contribution in [1.29, 1.82) is 0 Å². The summed E-state index contributed by atoms with van der Waals surface area (Å²) in [5.41, 5.74) is 1.67. The second-order valence-corrected chi connectivity index (χ2v) is 6.34. The van der Waals surface area contributed by atoms with Gasteiger partial charge >= 0.3 is 0 Å². The van der Waals surface area contributed by atoms with Crippen molar-refractivity contribution in [2.45, 2.75) is 19.4 Å². The lowest BCUT2D eigenvalue weighted by molar-refractivity contribution is 0.536. The predicted octanol–water partition coefficient (Wildman–Crippen LogP) is 5.38. The maximum Gasteiger partial charge on any atom is 0.137 e. The van der Waals surface area contributed by atoms with E-state index in [0.29, 0.717) is 10.9 Å². The van der Waals surface area contributed by atoms with Crippen molar-refractivity contribution in [1.82, 2.24) is 5.32 Å². The lowest BCUT2D eigenvalue weighted by atomic mass is 9.98. The molecule has 2 rings (SSSR count). The van der Waals surface area contributed by atoms with E-state index in [1.54, 1.807) is 12.1 Å². The second kappa shape index (κ2) is 7.47. The third kappa shape index (κ3) is 4.11. The molecule has 0 saturated heterocycles. The number of benzene rings is 2. The molecule has 0 fully saturated rings. The monoisotopic (exact) mass is 417 g/mol. The van der Waals surface area contributed by atoms with Crippen molar-refractivity contribution >= 4 is 31.9 Å². The molecule has 0 aliphatic carbocycles. The molecule has 0 aliphatic heterocycles. The van der Waals surface area contributed by atoms with Crippen LogP contribution in [0.1, 0.15) is 24.1 Å². The van der Waals surface area contributed by atoms with Gasteiger partial charge in [0.15, 0.2) is 0 Å². The van der Waals surface area contributed by atoms with Gasteiger partial charge in [-0.05, 0) is 64.3 Å². The minimum Gasteiger partial charge on any atom is -0.310 e. The summed E-state index contributed by atoms with van der Waals surface area (Å²) in [5.74, 6) is -0.574. The average Bonchev–Trinajstić information content (AvgIpc) is 2.46. The Bertz CT molecular complexity index is 632. The zero-order chi connectivity index (χ0) is 15.4. The van der Waals surface area contributed by atoms with Crippen LogP contribution in [0.5, 0.6) is 0 Å². The average molecular weight is 419 g/mol. The van der Waals surface area contributed by atoms with E-state index < -0.39 is 0 Å². The van der Waals surface area contributed by atoms with E-state index in [1.807, 2.05) is 13.0 Å². The van der Waals surface area contributed by atoms with Crippen molar-refractivity contribution in [2.75, 3.05) is 6.54 Å². The summed E-state index contributed by atoms with van der Waals surface area (Å²) in [6.45, 7) is 2.72. The lowest BCUT2D eigenvalue weighted by Crippen LogP contribution is -2.23. The third-order valence-corrected chi connectivity index (χ3v) is 4.85. The van der Waals surface area contributed by atoms with Gasteiger partial charge in [-0.1, -0.05) is 35.0 Å². The van der Waals surface area contributed by atoms with Crippen LogP contribution in [0.2, 0.25) is 0 Å². The summed E-state index contributed by atoms with van der Waals surface area (Å²) in [6.07, 6.45) is 0.564. The molecule has 0 saturated carbocycles. The smallest absolute Gasteiger partial charge is 0.137 e. The molecule has 112 valence electrons. The fraction of sp³-hybridized carbons (Fsp3) is 0.250. The molecule has 0 aromatic heterocycles. The fourth-order valence-corrected chi connectivity index (χ4v) is 3.20. The van der Waals surface area contributed by atoms with E-state index in [2.05, 4.69) is 37.2 Å². The Kier molecular flexibility index (Phi) is 5.90. The highest BCUT2D eigenvalue weighted by molar-refractivity contribution is 9.10. The highest BCUT2D eigenvalue weighted by Gasteiger charge is 2.17. The summed E-state index contributed by atoms with van der Waals surface area (Å²) >= 11 is 6.73. The highest BCUT2D eigenvalue weighted by atomic mass is 79.9. The number of likely N-dealkylation sites (N-methyl/N-ethyl adjacent to an activating group) is 1. The SMILES string of the molecule is CCNC(Cc1cccc(F)c1Br)c1cc(F)ccc1Br. The molecule has 1 N–H and O–H groups in total. The Hall–Kier alpha value is -0.780. The molecule has 0 radical (unpaired) electrons. The van der Waals surface area contributed by atoms with Crippen LogP contribution in [0, 0.1) is 11.6 Å². The Morgan fingerprint density at radius 1 is 1.14 bits per heavy atom. The van der Waals surface area contributed by atoms with Crippen LogP contribution < -0.4 is 5.32 Å². The Morgan fingerprint density at radius 2 is 1.90 bits per heavy atom. The van der Waals surface area contributed by atoms with Crippen LogP contribution in [-0.4, -0.2) is 6.54 Å². The third-order valence-electron chi connectivity index (χ3n) is 3.24. The number of halogens is 4. The zero-order valence-corrected chi connectivity index (χ0v) is 14.6. The predicted molar refractivity (Wildman–Crippen MR) is 88.3 cm³/mol. The summed E-state index contributed by atoms with van der Waals surface area (Å²) < 4.78 is 28.4. The maximum atomic E-state index is 13.6.